The normalized spacial score (nSPS) is 10.3. The second-order valence-electron chi connectivity index (χ2n) is 4.79. The van der Waals surface area contributed by atoms with Gasteiger partial charge in [-0.15, -0.1) is 0 Å². The van der Waals surface area contributed by atoms with Gasteiger partial charge in [-0.1, -0.05) is 53.1 Å². The molecule has 0 saturated carbocycles. The number of rotatable bonds is 4. The van der Waals surface area contributed by atoms with Gasteiger partial charge in [-0.2, -0.15) is 0 Å². The number of hydrogen-bond acceptors (Lipinski definition) is 2. The third-order valence-corrected chi connectivity index (χ3v) is 3.42. The van der Waals surface area contributed by atoms with Gasteiger partial charge in [0.1, 0.15) is 17.3 Å². The minimum Gasteiger partial charge on any atom is -0.487 e. The highest BCUT2D eigenvalue weighted by Crippen LogP contribution is 2.26. The van der Waals surface area contributed by atoms with Crippen LogP contribution in [0.25, 0.3) is 0 Å². The molecule has 20 heavy (non-hydrogen) atoms. The molecule has 104 valence electrons. The van der Waals surface area contributed by atoms with Gasteiger partial charge in [-0.05, 0) is 37.6 Å². The molecule has 0 saturated heterocycles. The first-order chi connectivity index (χ1) is 9.45. The van der Waals surface area contributed by atoms with Crippen LogP contribution < -0.4 is 10.5 Å². The highest BCUT2D eigenvalue weighted by atomic mass is 35.5. The Bertz CT molecular complexity index is 635. The molecule has 0 spiro atoms. The summed E-state index contributed by atoms with van der Waals surface area (Å²) in [5, 5.41) is 0.514. The lowest BCUT2D eigenvalue weighted by Crippen LogP contribution is -2.09. The average molecular weight is 306 g/mol. The first-order valence-electron chi connectivity index (χ1n) is 6.25. The van der Waals surface area contributed by atoms with Gasteiger partial charge >= 0.3 is 0 Å². The van der Waals surface area contributed by atoms with Crippen LogP contribution in [0.4, 0.5) is 0 Å². The predicted octanol–water partition coefficient (Wildman–Crippen LogP) is 4.17. The van der Waals surface area contributed by atoms with Crippen molar-refractivity contribution < 1.29 is 4.74 Å². The molecule has 2 aromatic carbocycles. The molecule has 0 unspecified atom stereocenters. The Balaban J connectivity index is 2.12. The van der Waals surface area contributed by atoms with Crippen molar-refractivity contribution >= 4 is 28.8 Å². The number of hydrogen-bond donors (Lipinski definition) is 1. The van der Waals surface area contributed by atoms with Gasteiger partial charge in [0.2, 0.25) is 0 Å². The number of ether oxygens (including phenoxy) is 1. The second kappa shape index (κ2) is 6.25. The molecule has 0 aromatic heterocycles. The smallest absolute Gasteiger partial charge is 0.138 e. The summed E-state index contributed by atoms with van der Waals surface area (Å²) in [5.41, 5.74) is 9.87. The van der Waals surface area contributed by atoms with Gasteiger partial charge in [0.05, 0.1) is 5.02 Å². The van der Waals surface area contributed by atoms with E-state index in [1.807, 2.05) is 6.07 Å². The van der Waals surface area contributed by atoms with Crippen LogP contribution in [0.2, 0.25) is 5.02 Å². The zero-order valence-electron chi connectivity index (χ0n) is 11.4. The lowest BCUT2D eigenvalue weighted by Gasteiger charge is -2.10. The maximum absolute atomic E-state index is 6.16. The van der Waals surface area contributed by atoms with E-state index in [2.05, 4.69) is 32.0 Å². The number of benzene rings is 2. The fraction of sp³-hybridized carbons (Fsp3) is 0.188. The minimum atomic E-state index is 0.327. The van der Waals surface area contributed by atoms with Crippen molar-refractivity contribution in [2.45, 2.75) is 20.5 Å². The van der Waals surface area contributed by atoms with E-state index in [4.69, 9.17) is 34.3 Å². The number of halogens is 1. The minimum absolute atomic E-state index is 0.327. The van der Waals surface area contributed by atoms with Crippen LogP contribution in [0.15, 0.2) is 36.4 Å². The van der Waals surface area contributed by atoms with Crippen LogP contribution in [0.5, 0.6) is 5.75 Å². The van der Waals surface area contributed by atoms with Crippen LogP contribution >= 0.6 is 23.8 Å². The molecule has 0 aliphatic rings. The van der Waals surface area contributed by atoms with Crippen molar-refractivity contribution in [1.29, 1.82) is 0 Å². The van der Waals surface area contributed by atoms with Gasteiger partial charge in [-0.3, -0.25) is 0 Å². The highest BCUT2D eigenvalue weighted by molar-refractivity contribution is 7.80. The Hall–Kier alpha value is -1.58. The topological polar surface area (TPSA) is 35.2 Å². The summed E-state index contributed by atoms with van der Waals surface area (Å²) in [6, 6.07) is 11.7. The zero-order chi connectivity index (χ0) is 14.7. The van der Waals surface area contributed by atoms with Crippen molar-refractivity contribution in [1.82, 2.24) is 0 Å². The Morgan fingerprint density at radius 1 is 1.15 bits per heavy atom. The van der Waals surface area contributed by atoms with Crippen LogP contribution in [-0.2, 0) is 6.61 Å². The summed E-state index contributed by atoms with van der Waals surface area (Å²) in [6.07, 6.45) is 0. The van der Waals surface area contributed by atoms with Crippen molar-refractivity contribution in [2.75, 3.05) is 0 Å². The van der Waals surface area contributed by atoms with Crippen molar-refractivity contribution in [3.63, 3.8) is 0 Å². The summed E-state index contributed by atoms with van der Waals surface area (Å²) in [6.45, 7) is 4.62. The van der Waals surface area contributed by atoms with Crippen LogP contribution in [0.1, 0.15) is 22.3 Å². The van der Waals surface area contributed by atoms with Crippen LogP contribution in [-0.4, -0.2) is 4.99 Å². The molecular formula is C16H16ClNOS. The molecule has 0 bridgehead atoms. The average Bonchev–Trinajstić information content (AvgIpc) is 2.36. The SMILES string of the molecule is Cc1cc(C)cc(COc2ccc(C(N)=S)cc2Cl)c1. The molecular weight excluding hydrogens is 290 g/mol. The van der Waals surface area contributed by atoms with E-state index in [9.17, 15) is 0 Å². The standard InChI is InChI=1S/C16H16ClNOS/c1-10-5-11(2)7-12(6-10)9-19-15-4-3-13(16(18)20)8-14(15)17/h3-8H,9H2,1-2H3,(H2,18,20). The number of aryl methyl sites for hydroxylation is 2. The first-order valence-corrected chi connectivity index (χ1v) is 7.03. The van der Waals surface area contributed by atoms with E-state index >= 15 is 0 Å². The Kier molecular flexibility index (Phi) is 4.63. The molecule has 0 heterocycles. The van der Waals surface area contributed by atoms with Crippen molar-refractivity contribution in [2.24, 2.45) is 5.73 Å². The van der Waals surface area contributed by atoms with Crippen LogP contribution in [0.3, 0.4) is 0 Å². The van der Waals surface area contributed by atoms with Gasteiger partial charge in [0.15, 0.2) is 0 Å². The van der Waals surface area contributed by atoms with Gasteiger partial charge in [0, 0.05) is 5.56 Å². The monoisotopic (exact) mass is 305 g/mol. The molecule has 0 amide bonds. The van der Waals surface area contributed by atoms with Gasteiger partial charge < -0.3 is 10.5 Å². The fourth-order valence-corrected chi connectivity index (χ4v) is 2.45. The largest absolute Gasteiger partial charge is 0.487 e. The fourth-order valence-electron chi connectivity index (χ4n) is 2.08. The van der Waals surface area contributed by atoms with E-state index in [0.717, 1.165) is 11.1 Å². The third-order valence-electron chi connectivity index (χ3n) is 2.89. The van der Waals surface area contributed by atoms with E-state index in [1.54, 1.807) is 12.1 Å². The molecule has 2 rings (SSSR count). The predicted molar refractivity (Wildman–Crippen MR) is 87.6 cm³/mol. The molecule has 0 radical (unpaired) electrons. The van der Waals surface area contributed by atoms with Crippen molar-refractivity contribution in [3.8, 4) is 5.75 Å². The van der Waals surface area contributed by atoms with E-state index in [-0.39, 0.29) is 0 Å². The van der Waals surface area contributed by atoms with E-state index in [1.165, 1.54) is 11.1 Å². The summed E-state index contributed by atoms with van der Waals surface area (Å²) < 4.78 is 5.75. The third kappa shape index (κ3) is 3.71. The van der Waals surface area contributed by atoms with E-state index < -0.39 is 0 Å². The summed E-state index contributed by atoms with van der Waals surface area (Å²) in [7, 11) is 0. The number of nitrogens with two attached hydrogens (primary N) is 1. The van der Waals surface area contributed by atoms with Crippen molar-refractivity contribution in [3.05, 3.63) is 63.7 Å². The maximum atomic E-state index is 6.16. The molecule has 0 atom stereocenters. The summed E-state index contributed by atoms with van der Waals surface area (Å²) in [5.74, 6) is 0.630. The molecule has 0 aliphatic heterocycles. The molecule has 4 heteroatoms. The zero-order valence-corrected chi connectivity index (χ0v) is 13.0. The Labute approximate surface area is 129 Å². The quantitative estimate of drug-likeness (QED) is 0.861. The number of thiocarbonyl (C=S) groups is 1. The van der Waals surface area contributed by atoms with Crippen LogP contribution in [0, 0.1) is 13.8 Å². The maximum Gasteiger partial charge on any atom is 0.138 e. The molecule has 2 aromatic rings. The Morgan fingerprint density at radius 3 is 2.35 bits per heavy atom. The lowest BCUT2D eigenvalue weighted by atomic mass is 10.1. The molecule has 0 aliphatic carbocycles. The van der Waals surface area contributed by atoms with Gasteiger partial charge in [-0.25, -0.2) is 0 Å². The highest BCUT2D eigenvalue weighted by Gasteiger charge is 2.05. The van der Waals surface area contributed by atoms with E-state index in [0.29, 0.717) is 22.4 Å². The summed E-state index contributed by atoms with van der Waals surface area (Å²) in [4.78, 5) is 0.327. The Morgan fingerprint density at radius 2 is 1.80 bits per heavy atom. The summed E-state index contributed by atoms with van der Waals surface area (Å²) >= 11 is 11.1. The lowest BCUT2D eigenvalue weighted by molar-refractivity contribution is 0.306. The molecule has 2 N–H and O–H groups in total. The molecule has 2 nitrogen and oxygen atoms in total. The van der Waals surface area contributed by atoms with Gasteiger partial charge in [0.25, 0.3) is 0 Å². The molecule has 0 fully saturated rings. The second-order valence-corrected chi connectivity index (χ2v) is 5.64. The first kappa shape index (κ1) is 14.8.